The lowest BCUT2D eigenvalue weighted by Gasteiger charge is -2.33. The normalized spacial score (nSPS) is 20.2. The molecular formula is C13H22N4O2. The molecule has 0 saturated carbocycles. The number of nitrogens with one attached hydrogen (secondary N) is 2. The number of carbonyl (C=O) groups excluding carboxylic acids is 1. The molecule has 2 amide bonds. The number of aromatic nitrogens is 1. The van der Waals surface area contributed by atoms with E-state index in [9.17, 15) is 4.79 Å². The van der Waals surface area contributed by atoms with Crippen LogP contribution in [0.25, 0.3) is 0 Å². The molecular weight excluding hydrogens is 244 g/mol. The lowest BCUT2D eigenvalue weighted by Crippen LogP contribution is -2.43. The van der Waals surface area contributed by atoms with Crippen molar-refractivity contribution in [1.82, 2.24) is 15.4 Å². The van der Waals surface area contributed by atoms with Crippen molar-refractivity contribution in [2.75, 3.05) is 25.0 Å². The van der Waals surface area contributed by atoms with Gasteiger partial charge < -0.3 is 9.84 Å². The van der Waals surface area contributed by atoms with Crippen LogP contribution >= 0.6 is 0 Å². The number of hydrogen-bond donors (Lipinski definition) is 2. The van der Waals surface area contributed by atoms with Crippen LogP contribution in [0.3, 0.4) is 0 Å². The molecule has 19 heavy (non-hydrogen) atoms. The number of anilines is 1. The molecule has 0 aromatic carbocycles. The van der Waals surface area contributed by atoms with Crippen LogP contribution in [0, 0.1) is 6.92 Å². The molecule has 6 heteroatoms. The molecule has 0 aliphatic carbocycles. The van der Waals surface area contributed by atoms with E-state index >= 15 is 0 Å². The van der Waals surface area contributed by atoms with Crippen LogP contribution in [-0.4, -0.2) is 41.8 Å². The summed E-state index contributed by atoms with van der Waals surface area (Å²) in [5.74, 6) is 1.12. The molecule has 0 unspecified atom stereocenters. The number of urea groups is 1. The minimum absolute atomic E-state index is 0.238. The molecule has 1 atom stereocenters. The van der Waals surface area contributed by atoms with Crippen molar-refractivity contribution in [3.63, 3.8) is 0 Å². The first kappa shape index (κ1) is 13.9. The van der Waals surface area contributed by atoms with Crippen LogP contribution in [0.2, 0.25) is 0 Å². The van der Waals surface area contributed by atoms with E-state index in [1.54, 1.807) is 13.0 Å². The predicted octanol–water partition coefficient (Wildman–Crippen LogP) is 1.98. The maximum absolute atomic E-state index is 11.6. The third-order valence-corrected chi connectivity index (χ3v) is 3.49. The van der Waals surface area contributed by atoms with Crippen LogP contribution in [0.5, 0.6) is 0 Å². The number of piperidine rings is 1. The van der Waals surface area contributed by atoms with Crippen LogP contribution in [-0.2, 0) is 0 Å². The Morgan fingerprint density at radius 3 is 3.11 bits per heavy atom. The highest BCUT2D eigenvalue weighted by Crippen LogP contribution is 2.15. The first-order chi connectivity index (χ1) is 9.15. The van der Waals surface area contributed by atoms with Gasteiger partial charge in [0.05, 0.1) is 0 Å². The summed E-state index contributed by atoms with van der Waals surface area (Å²) in [6, 6.07) is 2.07. The second-order valence-electron chi connectivity index (χ2n) is 5.08. The zero-order chi connectivity index (χ0) is 13.7. The highest BCUT2D eigenvalue weighted by atomic mass is 16.5. The number of aryl methyl sites for hydroxylation is 1. The Hall–Kier alpha value is -1.56. The number of nitrogens with zero attached hydrogens (tertiary/aromatic N) is 2. The van der Waals surface area contributed by atoms with E-state index in [0.717, 1.165) is 13.1 Å². The van der Waals surface area contributed by atoms with Crippen LogP contribution in [0.15, 0.2) is 10.6 Å². The Bertz CT molecular complexity index is 419. The summed E-state index contributed by atoms with van der Waals surface area (Å²) in [6.45, 7) is 6.71. The highest BCUT2D eigenvalue weighted by Gasteiger charge is 2.17. The van der Waals surface area contributed by atoms with Crippen molar-refractivity contribution >= 4 is 11.8 Å². The van der Waals surface area contributed by atoms with E-state index in [1.807, 2.05) is 0 Å². The molecule has 1 aromatic heterocycles. The van der Waals surface area contributed by atoms with Crippen LogP contribution in [0.4, 0.5) is 10.6 Å². The Morgan fingerprint density at radius 2 is 2.42 bits per heavy atom. The first-order valence-electron chi connectivity index (χ1n) is 6.87. The number of rotatable bonds is 4. The van der Waals surface area contributed by atoms with Crippen molar-refractivity contribution in [3.8, 4) is 0 Å². The minimum Gasteiger partial charge on any atom is -0.360 e. The average Bonchev–Trinajstić information content (AvgIpc) is 2.77. The molecule has 0 bridgehead atoms. The van der Waals surface area contributed by atoms with Gasteiger partial charge in [-0.2, -0.15) is 0 Å². The third kappa shape index (κ3) is 4.24. The van der Waals surface area contributed by atoms with Gasteiger partial charge in [-0.1, -0.05) is 11.6 Å². The fourth-order valence-electron chi connectivity index (χ4n) is 2.39. The molecule has 2 N–H and O–H groups in total. The molecule has 1 saturated heterocycles. The van der Waals surface area contributed by atoms with Gasteiger partial charge in [0.25, 0.3) is 0 Å². The Balaban J connectivity index is 1.66. The lowest BCUT2D eigenvalue weighted by molar-refractivity contribution is 0.162. The Kier molecular flexibility index (Phi) is 4.79. The monoisotopic (exact) mass is 266 g/mol. The van der Waals surface area contributed by atoms with Crippen molar-refractivity contribution in [2.24, 2.45) is 0 Å². The SMILES string of the molecule is Cc1cc(NC(=O)NCCN2CCCC[C@@H]2C)no1. The van der Waals surface area contributed by atoms with Gasteiger partial charge in [0.1, 0.15) is 5.76 Å². The maximum atomic E-state index is 11.6. The highest BCUT2D eigenvalue weighted by molar-refractivity contribution is 5.88. The summed E-state index contributed by atoms with van der Waals surface area (Å²) in [4.78, 5) is 14.0. The Morgan fingerprint density at radius 1 is 1.58 bits per heavy atom. The summed E-state index contributed by atoms with van der Waals surface area (Å²) >= 11 is 0. The van der Waals surface area contributed by atoms with Gasteiger partial charge >= 0.3 is 6.03 Å². The van der Waals surface area contributed by atoms with Gasteiger partial charge in [0.15, 0.2) is 5.82 Å². The molecule has 6 nitrogen and oxygen atoms in total. The van der Waals surface area contributed by atoms with E-state index in [2.05, 4.69) is 27.6 Å². The zero-order valence-corrected chi connectivity index (χ0v) is 11.6. The molecule has 106 valence electrons. The maximum Gasteiger partial charge on any atom is 0.320 e. The number of hydrogen-bond acceptors (Lipinski definition) is 4. The molecule has 0 spiro atoms. The summed E-state index contributed by atoms with van der Waals surface area (Å²) in [5, 5.41) is 9.18. The van der Waals surface area contributed by atoms with Crippen molar-refractivity contribution < 1.29 is 9.32 Å². The summed E-state index contributed by atoms with van der Waals surface area (Å²) in [6.07, 6.45) is 3.83. The number of amides is 2. The topological polar surface area (TPSA) is 70.4 Å². The second kappa shape index (κ2) is 6.56. The molecule has 1 fully saturated rings. The largest absolute Gasteiger partial charge is 0.360 e. The van der Waals surface area contributed by atoms with Gasteiger partial charge in [-0.05, 0) is 33.2 Å². The lowest BCUT2D eigenvalue weighted by atomic mass is 10.0. The van der Waals surface area contributed by atoms with Crippen molar-refractivity contribution in [3.05, 3.63) is 11.8 Å². The van der Waals surface area contributed by atoms with E-state index in [0.29, 0.717) is 24.2 Å². The Labute approximate surface area is 113 Å². The summed E-state index contributed by atoms with van der Waals surface area (Å²) < 4.78 is 4.88. The fraction of sp³-hybridized carbons (Fsp3) is 0.692. The fourth-order valence-corrected chi connectivity index (χ4v) is 2.39. The van der Waals surface area contributed by atoms with Gasteiger partial charge in [-0.25, -0.2) is 4.79 Å². The average molecular weight is 266 g/mol. The van der Waals surface area contributed by atoms with E-state index in [-0.39, 0.29) is 6.03 Å². The van der Waals surface area contributed by atoms with Gasteiger partial charge in [0.2, 0.25) is 0 Å². The number of likely N-dealkylation sites (tertiary alicyclic amines) is 1. The standard InChI is InChI=1S/C13H22N4O2/c1-10-5-3-4-7-17(10)8-6-14-13(18)15-12-9-11(2)19-16-12/h9-10H,3-8H2,1-2H3,(H2,14,15,16,18)/t10-/m0/s1. The quantitative estimate of drug-likeness (QED) is 0.874. The predicted molar refractivity (Wildman–Crippen MR) is 73.1 cm³/mol. The zero-order valence-electron chi connectivity index (χ0n) is 11.6. The third-order valence-electron chi connectivity index (χ3n) is 3.49. The van der Waals surface area contributed by atoms with Gasteiger partial charge in [-0.3, -0.25) is 10.2 Å². The van der Waals surface area contributed by atoms with Crippen LogP contribution < -0.4 is 10.6 Å². The summed E-state index contributed by atoms with van der Waals surface area (Å²) in [5.41, 5.74) is 0. The molecule has 0 radical (unpaired) electrons. The number of carbonyl (C=O) groups is 1. The smallest absolute Gasteiger partial charge is 0.320 e. The second-order valence-corrected chi connectivity index (χ2v) is 5.08. The van der Waals surface area contributed by atoms with Crippen molar-refractivity contribution in [2.45, 2.75) is 39.2 Å². The van der Waals surface area contributed by atoms with Crippen LogP contribution in [0.1, 0.15) is 31.9 Å². The van der Waals surface area contributed by atoms with E-state index in [4.69, 9.17) is 4.52 Å². The van der Waals surface area contributed by atoms with Crippen molar-refractivity contribution in [1.29, 1.82) is 0 Å². The van der Waals surface area contributed by atoms with Gasteiger partial charge in [-0.15, -0.1) is 0 Å². The molecule has 1 aliphatic rings. The summed E-state index contributed by atoms with van der Waals surface area (Å²) in [7, 11) is 0. The molecule has 1 aromatic rings. The van der Waals surface area contributed by atoms with E-state index < -0.39 is 0 Å². The van der Waals surface area contributed by atoms with E-state index in [1.165, 1.54) is 19.3 Å². The molecule has 2 rings (SSSR count). The first-order valence-corrected chi connectivity index (χ1v) is 6.87. The molecule has 1 aliphatic heterocycles. The molecule has 2 heterocycles. The minimum atomic E-state index is -0.238. The van der Waals surface area contributed by atoms with Gasteiger partial charge in [0, 0.05) is 25.2 Å².